The summed E-state index contributed by atoms with van der Waals surface area (Å²) in [6.07, 6.45) is 0. The predicted molar refractivity (Wildman–Crippen MR) is 129 cm³/mol. The minimum atomic E-state index is -0.0653. The maximum Gasteiger partial charge on any atom is 0.270 e. The van der Waals surface area contributed by atoms with Gasteiger partial charge in [0.25, 0.3) is 5.56 Å². The molecule has 5 rings (SSSR count). The molecule has 3 heterocycles. The van der Waals surface area contributed by atoms with Crippen molar-refractivity contribution in [2.75, 3.05) is 36.0 Å². The molecule has 1 saturated heterocycles. The molecule has 0 unspecified atom stereocenters. The molecule has 5 nitrogen and oxygen atoms in total. The summed E-state index contributed by atoms with van der Waals surface area (Å²) in [4.78, 5) is 25.2. The van der Waals surface area contributed by atoms with Crippen LogP contribution in [0, 0.1) is 6.92 Å². The number of thiophene rings is 1. The van der Waals surface area contributed by atoms with Gasteiger partial charge in [0.2, 0.25) is 5.95 Å². The molecule has 4 aromatic rings. The highest BCUT2D eigenvalue weighted by Gasteiger charge is 2.21. The Morgan fingerprint density at radius 3 is 2.50 bits per heavy atom. The van der Waals surface area contributed by atoms with Crippen molar-refractivity contribution in [1.29, 1.82) is 0 Å². The fourth-order valence-electron chi connectivity index (χ4n) is 3.90. The van der Waals surface area contributed by atoms with Crippen molar-refractivity contribution < 1.29 is 0 Å². The Morgan fingerprint density at radius 1 is 1.03 bits per heavy atom. The van der Waals surface area contributed by atoms with E-state index < -0.39 is 0 Å². The van der Waals surface area contributed by atoms with E-state index in [0.29, 0.717) is 10.6 Å². The number of aromatic amines is 1. The summed E-state index contributed by atoms with van der Waals surface area (Å²) in [6.45, 7) is 5.55. The molecule has 0 spiro atoms. The molecule has 152 valence electrons. The molecule has 0 bridgehead atoms. The average molecular weight is 481 g/mol. The van der Waals surface area contributed by atoms with Crippen molar-refractivity contribution in [3.63, 3.8) is 0 Å². The van der Waals surface area contributed by atoms with Crippen LogP contribution in [0.2, 0.25) is 0 Å². The predicted octanol–water partition coefficient (Wildman–Crippen LogP) is 5.05. The molecule has 1 aliphatic rings. The summed E-state index contributed by atoms with van der Waals surface area (Å²) in [5.74, 6) is 0.660. The van der Waals surface area contributed by atoms with Crippen LogP contribution in [-0.2, 0) is 0 Å². The average Bonchev–Trinajstić information content (AvgIpc) is 3.19. The van der Waals surface area contributed by atoms with Crippen LogP contribution in [0.1, 0.15) is 5.56 Å². The molecule has 0 aliphatic carbocycles. The van der Waals surface area contributed by atoms with Gasteiger partial charge >= 0.3 is 0 Å². The van der Waals surface area contributed by atoms with Gasteiger partial charge in [-0.05, 0) is 42.3 Å². The van der Waals surface area contributed by atoms with Gasteiger partial charge < -0.3 is 9.80 Å². The first-order valence-electron chi connectivity index (χ1n) is 9.92. The van der Waals surface area contributed by atoms with Gasteiger partial charge in [-0.1, -0.05) is 40.2 Å². The highest BCUT2D eigenvalue weighted by Crippen LogP contribution is 2.32. The Hall–Kier alpha value is -2.64. The first-order valence-corrected chi connectivity index (χ1v) is 11.6. The molecule has 0 atom stereocenters. The SMILES string of the molecule is Cc1cccc(N2CCN(c3nc4c(-c5ccc(Br)cc5)csc4c(=O)[nH]3)CC2)c1. The number of aromatic nitrogens is 2. The van der Waals surface area contributed by atoms with E-state index in [1.165, 1.54) is 22.6 Å². The summed E-state index contributed by atoms with van der Waals surface area (Å²) in [6, 6.07) is 16.7. The monoisotopic (exact) mass is 480 g/mol. The lowest BCUT2D eigenvalue weighted by Crippen LogP contribution is -2.47. The van der Waals surface area contributed by atoms with Crippen LogP contribution < -0.4 is 15.4 Å². The van der Waals surface area contributed by atoms with Crippen LogP contribution in [0.25, 0.3) is 21.3 Å². The van der Waals surface area contributed by atoms with E-state index in [2.05, 4.69) is 74.0 Å². The number of anilines is 2. The van der Waals surface area contributed by atoms with Gasteiger partial charge in [-0.3, -0.25) is 9.78 Å². The highest BCUT2D eigenvalue weighted by atomic mass is 79.9. The number of aryl methyl sites for hydroxylation is 1. The van der Waals surface area contributed by atoms with Crippen LogP contribution in [0.5, 0.6) is 0 Å². The molecule has 2 aromatic carbocycles. The summed E-state index contributed by atoms with van der Waals surface area (Å²) >= 11 is 4.93. The van der Waals surface area contributed by atoms with Gasteiger partial charge in [0.15, 0.2) is 0 Å². The molecule has 0 saturated carbocycles. The van der Waals surface area contributed by atoms with E-state index in [4.69, 9.17) is 4.98 Å². The zero-order valence-electron chi connectivity index (χ0n) is 16.6. The maximum absolute atomic E-state index is 12.7. The second-order valence-corrected chi connectivity index (χ2v) is 9.33. The van der Waals surface area contributed by atoms with E-state index >= 15 is 0 Å². The number of H-pyrrole nitrogens is 1. The van der Waals surface area contributed by atoms with Crippen LogP contribution in [-0.4, -0.2) is 36.1 Å². The van der Waals surface area contributed by atoms with E-state index in [1.807, 2.05) is 17.5 Å². The van der Waals surface area contributed by atoms with Gasteiger partial charge in [0.1, 0.15) is 4.70 Å². The molecule has 0 amide bonds. The number of halogens is 1. The van der Waals surface area contributed by atoms with Crippen LogP contribution in [0.15, 0.2) is 63.2 Å². The second-order valence-electron chi connectivity index (χ2n) is 7.54. The summed E-state index contributed by atoms with van der Waals surface area (Å²) < 4.78 is 1.71. The molecule has 30 heavy (non-hydrogen) atoms. The van der Waals surface area contributed by atoms with Crippen molar-refractivity contribution in [3.8, 4) is 11.1 Å². The fourth-order valence-corrected chi connectivity index (χ4v) is 5.07. The van der Waals surface area contributed by atoms with Crippen molar-refractivity contribution >= 4 is 49.1 Å². The number of rotatable bonds is 3. The Morgan fingerprint density at radius 2 is 1.77 bits per heavy atom. The van der Waals surface area contributed by atoms with Crippen molar-refractivity contribution in [1.82, 2.24) is 9.97 Å². The largest absolute Gasteiger partial charge is 0.368 e. The lowest BCUT2D eigenvalue weighted by Gasteiger charge is -2.36. The minimum Gasteiger partial charge on any atom is -0.368 e. The van der Waals surface area contributed by atoms with Gasteiger partial charge in [-0.2, -0.15) is 0 Å². The number of benzene rings is 2. The Bertz CT molecular complexity index is 1260. The fraction of sp³-hybridized carbons (Fsp3) is 0.217. The van der Waals surface area contributed by atoms with Crippen molar-refractivity contribution in [2.24, 2.45) is 0 Å². The van der Waals surface area contributed by atoms with Crippen LogP contribution in [0.3, 0.4) is 0 Å². The Balaban J connectivity index is 1.43. The number of nitrogens with one attached hydrogen (secondary N) is 1. The quantitative estimate of drug-likeness (QED) is 0.445. The summed E-state index contributed by atoms with van der Waals surface area (Å²) in [5, 5.41) is 2.02. The Labute approximate surface area is 187 Å². The highest BCUT2D eigenvalue weighted by molar-refractivity contribution is 9.10. The van der Waals surface area contributed by atoms with Gasteiger partial charge in [0.05, 0.1) is 5.52 Å². The molecule has 0 radical (unpaired) electrons. The maximum atomic E-state index is 12.7. The molecule has 1 N–H and O–H groups in total. The van der Waals surface area contributed by atoms with Gasteiger partial charge in [-0.25, -0.2) is 4.98 Å². The van der Waals surface area contributed by atoms with Crippen LogP contribution in [0.4, 0.5) is 11.6 Å². The zero-order chi connectivity index (χ0) is 20.7. The van der Waals surface area contributed by atoms with E-state index in [0.717, 1.165) is 47.3 Å². The van der Waals surface area contributed by atoms with Gasteiger partial charge in [-0.15, -0.1) is 11.3 Å². The third kappa shape index (κ3) is 3.63. The first-order chi connectivity index (χ1) is 14.6. The first kappa shape index (κ1) is 19.3. The lowest BCUT2D eigenvalue weighted by atomic mass is 10.1. The number of hydrogen-bond acceptors (Lipinski definition) is 5. The smallest absolute Gasteiger partial charge is 0.270 e. The summed E-state index contributed by atoms with van der Waals surface area (Å²) in [7, 11) is 0. The molecular formula is C23H21BrN4OS. The number of hydrogen-bond donors (Lipinski definition) is 1. The standard InChI is InChI=1S/C23H21BrN4OS/c1-15-3-2-4-18(13-15)27-9-11-28(12-10-27)23-25-20-19(14-30-21(20)22(29)26-23)16-5-7-17(24)8-6-16/h2-8,13-14H,9-12H2,1H3,(H,25,26,29). The minimum absolute atomic E-state index is 0.0653. The number of fused-ring (bicyclic) bond motifs is 1. The lowest BCUT2D eigenvalue weighted by molar-refractivity contribution is 0.640. The molecular weight excluding hydrogens is 460 g/mol. The molecule has 7 heteroatoms. The zero-order valence-corrected chi connectivity index (χ0v) is 19.0. The normalized spacial score (nSPS) is 14.5. The number of piperazine rings is 1. The topological polar surface area (TPSA) is 52.2 Å². The van der Waals surface area contributed by atoms with E-state index in [-0.39, 0.29) is 5.56 Å². The Kier molecular flexibility index (Phi) is 5.08. The van der Waals surface area contributed by atoms with Crippen molar-refractivity contribution in [3.05, 3.63) is 74.3 Å². The van der Waals surface area contributed by atoms with Gasteiger partial charge in [0, 0.05) is 47.3 Å². The van der Waals surface area contributed by atoms with E-state index in [1.54, 1.807) is 0 Å². The third-order valence-electron chi connectivity index (χ3n) is 5.52. The molecule has 1 aliphatic heterocycles. The second kappa shape index (κ2) is 7.89. The van der Waals surface area contributed by atoms with E-state index in [9.17, 15) is 4.79 Å². The summed E-state index contributed by atoms with van der Waals surface area (Å²) in [5.41, 5.74) is 5.31. The molecule has 2 aromatic heterocycles. The van der Waals surface area contributed by atoms with Crippen LogP contribution >= 0.6 is 27.3 Å². The molecule has 1 fully saturated rings. The third-order valence-corrected chi connectivity index (χ3v) is 7.01. The number of nitrogens with zero attached hydrogens (tertiary/aromatic N) is 3. The van der Waals surface area contributed by atoms with Crippen molar-refractivity contribution in [2.45, 2.75) is 6.92 Å².